The van der Waals surface area contributed by atoms with E-state index in [2.05, 4.69) is 0 Å². The van der Waals surface area contributed by atoms with E-state index in [4.69, 9.17) is 19.7 Å². The van der Waals surface area contributed by atoms with Crippen LogP contribution < -0.4 is 0 Å². The summed E-state index contributed by atoms with van der Waals surface area (Å²) in [6.45, 7) is -5.79. The van der Waals surface area contributed by atoms with Crippen LogP contribution in [-0.4, -0.2) is 75.1 Å². The monoisotopic (exact) mass is 352 g/mol. The lowest BCUT2D eigenvalue weighted by Crippen LogP contribution is -2.80. The van der Waals surface area contributed by atoms with Crippen LogP contribution in [0.4, 0.5) is 0 Å². The maximum Gasteiger partial charge on any atom is 0.324 e. The van der Waals surface area contributed by atoms with Gasteiger partial charge in [-0.3, -0.25) is 19.2 Å². The maximum absolute atomic E-state index is 12.6. The normalized spacial score (nSPS) is 38.0. The topological polar surface area (TPSA) is 157 Å². The van der Waals surface area contributed by atoms with Gasteiger partial charge < -0.3 is 29.5 Å². The molecule has 0 bridgehead atoms. The molecule has 10 heteroatoms. The van der Waals surface area contributed by atoms with E-state index in [1.54, 1.807) is 0 Å². The van der Waals surface area contributed by atoms with Gasteiger partial charge in [-0.05, 0) is 6.90 Å². The average Bonchev–Trinajstić information content (AvgIpc) is 2.71. The highest BCUT2D eigenvalue weighted by molar-refractivity contribution is 6.00. The van der Waals surface area contributed by atoms with E-state index in [0.717, 1.165) is 0 Å². The van der Waals surface area contributed by atoms with Gasteiger partial charge in [0, 0.05) is 26.2 Å². The summed E-state index contributed by atoms with van der Waals surface area (Å²) in [5, 5.41) is 30.1. The predicted octanol–water partition coefficient (Wildman–Crippen LogP) is -2.16. The third kappa shape index (κ3) is 2.93. The molecule has 24 heavy (non-hydrogen) atoms. The molecule has 10 nitrogen and oxygen atoms in total. The molecule has 0 spiro atoms. The smallest absolute Gasteiger partial charge is 0.324 e. The van der Waals surface area contributed by atoms with Crippen LogP contribution in [0.5, 0.6) is 0 Å². The molecule has 3 N–H and O–H groups in total. The fraction of sp³-hybridized carbons (Fsp3) is 0.714. The zero-order chi connectivity index (χ0) is 21.7. The first-order chi connectivity index (χ1) is 13.1. The number of esters is 2. The minimum Gasteiger partial charge on any atom is -0.441 e. The molecule has 0 amide bonds. The van der Waals surface area contributed by atoms with Gasteiger partial charge in [0.2, 0.25) is 5.78 Å². The van der Waals surface area contributed by atoms with Crippen LogP contribution in [0, 0.1) is 0 Å². The van der Waals surface area contributed by atoms with Crippen molar-refractivity contribution in [3.8, 4) is 0 Å². The lowest BCUT2D eigenvalue weighted by atomic mass is 9.75. The van der Waals surface area contributed by atoms with Gasteiger partial charge in [-0.15, -0.1) is 0 Å². The second-order valence-electron chi connectivity index (χ2n) is 4.92. The lowest BCUT2D eigenvalue weighted by Gasteiger charge is -2.53. The van der Waals surface area contributed by atoms with E-state index >= 15 is 0 Å². The van der Waals surface area contributed by atoms with Crippen molar-refractivity contribution in [1.82, 2.24) is 0 Å². The molecule has 136 valence electrons. The number of aliphatic hydroxyl groups excluding tert-OH is 3. The second kappa shape index (κ2) is 6.93. The third-order valence-electron chi connectivity index (χ3n) is 3.42. The molecule has 0 radical (unpaired) electrons. The SMILES string of the molecule is [2H]CC(=O)OC1(C(=O)C[2H])O[C@H](CO)[C@@H](O)[C@H](O)[C@]1(OC(=O)C[2H])C(=O)C[2H]. The van der Waals surface area contributed by atoms with E-state index in [0.29, 0.717) is 0 Å². The molecule has 1 fully saturated rings. The third-order valence-corrected chi connectivity index (χ3v) is 3.42. The van der Waals surface area contributed by atoms with Gasteiger partial charge in [-0.1, -0.05) is 0 Å². The lowest BCUT2D eigenvalue weighted by molar-refractivity contribution is -0.358. The fourth-order valence-electron chi connectivity index (χ4n) is 2.46. The molecule has 1 heterocycles. The Morgan fingerprint density at radius 1 is 1.04 bits per heavy atom. The summed E-state index contributed by atoms with van der Waals surface area (Å²) in [6.07, 6.45) is -6.52. The highest BCUT2D eigenvalue weighted by Gasteiger charge is 2.74. The molecule has 0 aromatic rings. The van der Waals surface area contributed by atoms with Gasteiger partial charge in [0.05, 0.1) is 6.61 Å². The summed E-state index contributed by atoms with van der Waals surface area (Å²) in [6, 6.07) is 0. The molecule has 0 aromatic heterocycles. The first-order valence-electron chi connectivity index (χ1n) is 9.26. The van der Waals surface area contributed by atoms with Crippen LogP contribution in [0.2, 0.25) is 0 Å². The van der Waals surface area contributed by atoms with Crippen LogP contribution in [-0.2, 0) is 33.4 Å². The van der Waals surface area contributed by atoms with Crippen molar-refractivity contribution < 1.29 is 54.2 Å². The van der Waals surface area contributed by atoms with Crippen molar-refractivity contribution >= 4 is 23.5 Å². The summed E-state index contributed by atoms with van der Waals surface area (Å²) in [4.78, 5) is 48.8. The Balaban J connectivity index is 3.88. The second-order valence-corrected chi connectivity index (χ2v) is 4.92. The van der Waals surface area contributed by atoms with Gasteiger partial charge in [0.15, 0.2) is 5.78 Å². The summed E-state index contributed by atoms with van der Waals surface area (Å²) in [5.41, 5.74) is -3.33. The Morgan fingerprint density at radius 2 is 1.62 bits per heavy atom. The van der Waals surface area contributed by atoms with E-state index < -0.39 is 87.4 Å². The van der Waals surface area contributed by atoms with E-state index in [1.807, 2.05) is 0 Å². The Kier molecular flexibility index (Phi) is 4.18. The van der Waals surface area contributed by atoms with E-state index in [-0.39, 0.29) is 0 Å². The molecule has 0 aliphatic carbocycles. The number of ether oxygens (including phenoxy) is 3. The van der Waals surface area contributed by atoms with Crippen LogP contribution in [0.3, 0.4) is 0 Å². The molecular formula is C14H20O10. The quantitative estimate of drug-likeness (QED) is 0.465. The number of hydrogen-bond donors (Lipinski definition) is 3. The van der Waals surface area contributed by atoms with Gasteiger partial charge in [0.25, 0.3) is 5.60 Å². The Hall–Kier alpha value is -1.88. The fourth-order valence-corrected chi connectivity index (χ4v) is 2.46. The van der Waals surface area contributed by atoms with Crippen molar-refractivity contribution in [3.63, 3.8) is 0 Å². The summed E-state index contributed by atoms with van der Waals surface area (Å²) in [7, 11) is 0. The molecule has 0 saturated carbocycles. The minimum atomic E-state index is -3.36. The average molecular weight is 352 g/mol. The number of Topliss-reactive ketones (excluding diaryl/α,β-unsaturated/α-hetero) is 2. The molecule has 1 saturated heterocycles. The zero-order valence-electron chi connectivity index (χ0n) is 16.5. The van der Waals surface area contributed by atoms with Crippen molar-refractivity contribution in [2.75, 3.05) is 6.61 Å². The molecular weight excluding hydrogens is 328 g/mol. The van der Waals surface area contributed by atoms with Crippen molar-refractivity contribution in [1.29, 1.82) is 0 Å². The highest BCUT2D eigenvalue weighted by Crippen LogP contribution is 2.43. The number of ketones is 2. The van der Waals surface area contributed by atoms with Crippen LogP contribution >= 0.6 is 0 Å². The van der Waals surface area contributed by atoms with Crippen molar-refractivity contribution in [2.45, 2.75) is 57.3 Å². The van der Waals surface area contributed by atoms with Gasteiger partial charge >= 0.3 is 17.7 Å². The first kappa shape index (κ1) is 14.5. The number of aliphatic hydroxyl groups is 3. The Morgan fingerprint density at radius 3 is 2.12 bits per heavy atom. The highest BCUT2D eigenvalue weighted by atomic mass is 16.8. The van der Waals surface area contributed by atoms with Crippen LogP contribution in [0.15, 0.2) is 0 Å². The number of carbonyl (C=O) groups is 4. The van der Waals surface area contributed by atoms with Crippen LogP contribution in [0.1, 0.15) is 33.1 Å². The number of rotatable bonds is 5. The maximum atomic E-state index is 12.6. The number of hydrogen-bond acceptors (Lipinski definition) is 10. The summed E-state index contributed by atoms with van der Waals surface area (Å²) >= 11 is 0. The summed E-state index contributed by atoms with van der Waals surface area (Å²) in [5.74, 6) is -9.44. The molecule has 5 atom stereocenters. The molecule has 1 aliphatic heterocycles. The summed E-state index contributed by atoms with van der Waals surface area (Å²) < 4.78 is 43.4. The number of carbonyl (C=O) groups excluding carboxylic acids is 4. The van der Waals surface area contributed by atoms with Gasteiger partial charge in [-0.2, -0.15) is 0 Å². The predicted molar refractivity (Wildman–Crippen MR) is 74.3 cm³/mol. The standard InChI is InChI=1S/C14H20O10/c1-6(16)13(22-8(3)18)12(21)11(20)10(5-15)24-14(13,7(2)17)23-9(4)19/h10-12,15,20-21H,5H2,1-4H3/t10-,11-,12+,13-,14?/m1/s1/i1D,2D,3D,4D. The van der Waals surface area contributed by atoms with Crippen LogP contribution in [0.25, 0.3) is 0 Å². The van der Waals surface area contributed by atoms with Crippen molar-refractivity contribution in [3.05, 3.63) is 0 Å². The Labute approximate surface area is 142 Å². The largest absolute Gasteiger partial charge is 0.441 e. The Bertz CT molecular complexity index is 631. The molecule has 0 aromatic carbocycles. The molecule has 1 unspecified atom stereocenters. The molecule has 1 aliphatic rings. The first-order valence-corrected chi connectivity index (χ1v) is 6.43. The van der Waals surface area contributed by atoms with Gasteiger partial charge in [0.1, 0.15) is 18.3 Å². The van der Waals surface area contributed by atoms with E-state index in [1.165, 1.54) is 0 Å². The zero-order valence-corrected chi connectivity index (χ0v) is 12.5. The van der Waals surface area contributed by atoms with E-state index in [9.17, 15) is 34.5 Å². The van der Waals surface area contributed by atoms with Gasteiger partial charge in [-0.25, -0.2) is 0 Å². The van der Waals surface area contributed by atoms with Crippen molar-refractivity contribution in [2.24, 2.45) is 0 Å². The molecule has 1 rings (SSSR count). The minimum absolute atomic E-state index is 1.05.